The Hall–Kier alpha value is -2.10. The SMILES string of the molecule is O=C1C[C@H](C(=O)N2CCC3(C=Cc4ccccc43)CC2)C2(CCCC2)O1. The highest BCUT2D eigenvalue weighted by Crippen LogP contribution is 2.48. The fourth-order valence-electron chi connectivity index (χ4n) is 5.65. The Morgan fingerprint density at radius 3 is 2.58 bits per heavy atom. The lowest BCUT2D eigenvalue weighted by atomic mass is 9.74. The molecule has 2 aliphatic heterocycles. The van der Waals surface area contributed by atoms with Crippen LogP contribution in [0.4, 0.5) is 0 Å². The highest BCUT2D eigenvalue weighted by atomic mass is 16.6. The van der Waals surface area contributed by atoms with Gasteiger partial charge in [0.25, 0.3) is 0 Å². The number of hydrogen-bond donors (Lipinski definition) is 0. The molecule has 0 N–H and O–H groups in total. The van der Waals surface area contributed by atoms with Crippen molar-refractivity contribution in [2.75, 3.05) is 13.1 Å². The Morgan fingerprint density at radius 2 is 1.81 bits per heavy atom. The van der Waals surface area contributed by atoms with Gasteiger partial charge in [-0.25, -0.2) is 0 Å². The van der Waals surface area contributed by atoms with Gasteiger partial charge in [-0.3, -0.25) is 9.59 Å². The van der Waals surface area contributed by atoms with E-state index in [1.165, 1.54) is 11.1 Å². The fourth-order valence-corrected chi connectivity index (χ4v) is 5.65. The van der Waals surface area contributed by atoms with Crippen molar-refractivity contribution < 1.29 is 14.3 Å². The summed E-state index contributed by atoms with van der Waals surface area (Å²) in [6.45, 7) is 1.52. The number of fused-ring (bicyclic) bond motifs is 2. The second-order valence-electron chi connectivity index (χ2n) is 8.40. The molecular weight excluding hydrogens is 326 g/mol. The molecule has 2 spiro atoms. The van der Waals surface area contributed by atoms with Crippen LogP contribution in [0.2, 0.25) is 0 Å². The van der Waals surface area contributed by atoms with Gasteiger partial charge in [-0.1, -0.05) is 36.4 Å². The number of likely N-dealkylation sites (tertiary alicyclic amines) is 1. The van der Waals surface area contributed by atoms with E-state index in [4.69, 9.17) is 4.74 Å². The maximum Gasteiger partial charge on any atom is 0.307 e. The summed E-state index contributed by atoms with van der Waals surface area (Å²) in [7, 11) is 0. The van der Waals surface area contributed by atoms with Crippen molar-refractivity contribution in [2.24, 2.45) is 5.92 Å². The smallest absolute Gasteiger partial charge is 0.307 e. The third-order valence-electron chi connectivity index (χ3n) is 7.12. The van der Waals surface area contributed by atoms with Gasteiger partial charge < -0.3 is 9.64 Å². The van der Waals surface area contributed by atoms with Crippen LogP contribution in [0, 0.1) is 5.92 Å². The van der Waals surface area contributed by atoms with E-state index < -0.39 is 5.60 Å². The molecule has 5 rings (SSSR count). The summed E-state index contributed by atoms with van der Waals surface area (Å²) in [6.07, 6.45) is 10.6. The summed E-state index contributed by atoms with van der Waals surface area (Å²) >= 11 is 0. The summed E-state index contributed by atoms with van der Waals surface area (Å²) in [5, 5.41) is 0. The average molecular weight is 351 g/mol. The molecule has 3 fully saturated rings. The Kier molecular flexibility index (Phi) is 3.53. The molecule has 4 heteroatoms. The standard InChI is InChI=1S/C22H25NO3/c24-19-15-18(22(26-19)8-3-4-9-22)20(25)23-13-11-21(12-14-23)10-7-16-5-1-2-6-17(16)21/h1-2,5-7,10,18H,3-4,8-9,11-15H2/t18-/m1/s1. The predicted octanol–water partition coefficient (Wildman–Crippen LogP) is 3.45. The van der Waals surface area contributed by atoms with Gasteiger partial charge >= 0.3 is 5.97 Å². The molecule has 4 aliphatic rings. The van der Waals surface area contributed by atoms with Gasteiger partial charge in [0.1, 0.15) is 5.60 Å². The number of piperidine rings is 1. The van der Waals surface area contributed by atoms with Gasteiger partial charge in [-0.05, 0) is 49.7 Å². The zero-order chi connectivity index (χ0) is 17.8. The van der Waals surface area contributed by atoms with E-state index in [1.807, 2.05) is 4.90 Å². The third kappa shape index (κ3) is 2.27. The molecule has 26 heavy (non-hydrogen) atoms. The Bertz CT molecular complexity index is 782. The largest absolute Gasteiger partial charge is 0.458 e. The Morgan fingerprint density at radius 1 is 1.08 bits per heavy atom. The molecule has 136 valence electrons. The first-order chi connectivity index (χ1) is 12.6. The number of ether oxygens (including phenoxy) is 1. The lowest BCUT2D eigenvalue weighted by Gasteiger charge is -2.41. The van der Waals surface area contributed by atoms with E-state index in [9.17, 15) is 9.59 Å². The van der Waals surface area contributed by atoms with Gasteiger partial charge in [0.2, 0.25) is 5.91 Å². The van der Waals surface area contributed by atoms with Crippen LogP contribution in [-0.2, 0) is 19.7 Å². The monoisotopic (exact) mass is 351 g/mol. The lowest BCUT2D eigenvalue weighted by Crippen LogP contribution is -2.49. The number of carbonyl (C=O) groups is 2. The molecule has 0 radical (unpaired) electrons. The van der Waals surface area contributed by atoms with Gasteiger partial charge in [0.05, 0.1) is 12.3 Å². The van der Waals surface area contributed by atoms with Crippen molar-refractivity contribution in [2.45, 2.75) is 56.0 Å². The van der Waals surface area contributed by atoms with Crippen LogP contribution in [0.5, 0.6) is 0 Å². The molecule has 1 amide bonds. The Balaban J connectivity index is 1.32. The van der Waals surface area contributed by atoms with Crippen molar-refractivity contribution in [3.63, 3.8) is 0 Å². The quantitative estimate of drug-likeness (QED) is 0.728. The lowest BCUT2D eigenvalue weighted by molar-refractivity contribution is -0.152. The topological polar surface area (TPSA) is 46.6 Å². The van der Waals surface area contributed by atoms with Crippen LogP contribution in [0.25, 0.3) is 6.08 Å². The second-order valence-corrected chi connectivity index (χ2v) is 8.40. The molecule has 2 saturated heterocycles. The number of esters is 1. The zero-order valence-corrected chi connectivity index (χ0v) is 15.1. The first-order valence-electron chi connectivity index (χ1n) is 9.91. The number of rotatable bonds is 1. The average Bonchev–Trinajstić information content (AvgIpc) is 3.35. The maximum atomic E-state index is 13.2. The molecule has 1 aromatic rings. The molecule has 0 aromatic heterocycles. The van der Waals surface area contributed by atoms with Crippen LogP contribution in [0.1, 0.15) is 56.1 Å². The molecule has 2 aliphatic carbocycles. The van der Waals surface area contributed by atoms with Crippen molar-refractivity contribution in [3.05, 3.63) is 41.5 Å². The van der Waals surface area contributed by atoms with Crippen LogP contribution in [-0.4, -0.2) is 35.5 Å². The fraction of sp³-hybridized carbons (Fsp3) is 0.545. The number of amides is 1. The molecule has 2 heterocycles. The van der Waals surface area contributed by atoms with E-state index in [0.717, 1.165) is 51.6 Å². The number of hydrogen-bond acceptors (Lipinski definition) is 3. The van der Waals surface area contributed by atoms with E-state index in [2.05, 4.69) is 36.4 Å². The minimum atomic E-state index is -0.497. The van der Waals surface area contributed by atoms with E-state index in [-0.39, 0.29) is 29.6 Å². The molecule has 1 atom stereocenters. The zero-order valence-electron chi connectivity index (χ0n) is 15.1. The van der Waals surface area contributed by atoms with Gasteiger partial charge in [0.15, 0.2) is 0 Å². The summed E-state index contributed by atoms with van der Waals surface area (Å²) < 4.78 is 5.68. The predicted molar refractivity (Wildman–Crippen MR) is 98.4 cm³/mol. The van der Waals surface area contributed by atoms with Crippen LogP contribution in [0.15, 0.2) is 30.3 Å². The number of nitrogens with zero attached hydrogens (tertiary/aromatic N) is 1. The molecular formula is C22H25NO3. The normalized spacial score (nSPS) is 27.9. The molecule has 1 saturated carbocycles. The van der Waals surface area contributed by atoms with Gasteiger partial charge in [0, 0.05) is 18.5 Å². The van der Waals surface area contributed by atoms with E-state index in [0.29, 0.717) is 0 Å². The first-order valence-corrected chi connectivity index (χ1v) is 9.91. The molecule has 1 aromatic carbocycles. The van der Waals surface area contributed by atoms with Gasteiger partial charge in [-0.15, -0.1) is 0 Å². The summed E-state index contributed by atoms with van der Waals surface area (Å²) in [4.78, 5) is 27.2. The van der Waals surface area contributed by atoms with Gasteiger partial charge in [-0.2, -0.15) is 0 Å². The van der Waals surface area contributed by atoms with Crippen LogP contribution in [0.3, 0.4) is 0 Å². The van der Waals surface area contributed by atoms with Crippen molar-refractivity contribution in [1.82, 2.24) is 4.90 Å². The third-order valence-corrected chi connectivity index (χ3v) is 7.12. The maximum absolute atomic E-state index is 13.2. The number of allylic oxidation sites excluding steroid dienone is 1. The Labute approximate surface area is 154 Å². The van der Waals surface area contributed by atoms with Crippen LogP contribution < -0.4 is 0 Å². The molecule has 0 unspecified atom stereocenters. The van der Waals surface area contributed by atoms with E-state index >= 15 is 0 Å². The first kappa shape index (κ1) is 16.1. The highest BCUT2D eigenvalue weighted by Gasteiger charge is 2.55. The highest BCUT2D eigenvalue weighted by molar-refractivity contribution is 5.88. The number of carbonyl (C=O) groups excluding carboxylic acids is 2. The van der Waals surface area contributed by atoms with Crippen molar-refractivity contribution in [3.8, 4) is 0 Å². The van der Waals surface area contributed by atoms with E-state index in [1.54, 1.807) is 0 Å². The minimum Gasteiger partial charge on any atom is -0.458 e. The van der Waals surface area contributed by atoms with Crippen LogP contribution >= 0.6 is 0 Å². The summed E-state index contributed by atoms with van der Waals surface area (Å²) in [5.41, 5.74) is 2.30. The number of benzene rings is 1. The summed E-state index contributed by atoms with van der Waals surface area (Å²) in [5.74, 6) is -0.313. The minimum absolute atomic E-state index is 0.0837. The molecule has 0 bridgehead atoms. The van der Waals surface area contributed by atoms with Crippen molar-refractivity contribution >= 4 is 18.0 Å². The summed E-state index contributed by atoms with van der Waals surface area (Å²) in [6, 6.07) is 8.59. The molecule has 4 nitrogen and oxygen atoms in total. The second kappa shape index (κ2) is 5.70. The van der Waals surface area contributed by atoms with Crippen molar-refractivity contribution in [1.29, 1.82) is 0 Å².